The minimum atomic E-state index is 0.277. The number of nitrogens with zero attached hydrogens (tertiary/aromatic N) is 3. The number of pyridine rings is 1. The van der Waals surface area contributed by atoms with Crippen LogP contribution in [0.4, 0.5) is 11.4 Å². The van der Waals surface area contributed by atoms with E-state index in [1.807, 2.05) is 16.8 Å². The Hall–Kier alpha value is -2.04. The zero-order valence-corrected chi connectivity index (χ0v) is 9.17. The molecule has 0 fully saturated rings. The Morgan fingerprint density at radius 3 is 3.00 bits per heavy atom. The summed E-state index contributed by atoms with van der Waals surface area (Å²) in [5.41, 5.74) is 7.38. The van der Waals surface area contributed by atoms with Crippen LogP contribution < -0.4 is 11.1 Å². The highest BCUT2D eigenvalue weighted by atomic mass is 15.1. The third-order valence-electron chi connectivity index (χ3n) is 2.30. The number of rotatable bonds is 4. The molecule has 2 rings (SSSR count). The lowest BCUT2D eigenvalue weighted by molar-refractivity contribution is 0.619. The van der Waals surface area contributed by atoms with Crippen LogP contribution in [0, 0.1) is 0 Å². The van der Waals surface area contributed by atoms with Crippen molar-refractivity contribution in [3.8, 4) is 0 Å². The molecule has 1 unspecified atom stereocenters. The van der Waals surface area contributed by atoms with Gasteiger partial charge in [0.1, 0.15) is 0 Å². The Bertz CT molecular complexity index is 437. The first-order valence-corrected chi connectivity index (χ1v) is 5.17. The Kier molecular flexibility index (Phi) is 3.05. The van der Waals surface area contributed by atoms with Crippen LogP contribution in [0.15, 0.2) is 37.2 Å². The molecule has 0 amide bonds. The van der Waals surface area contributed by atoms with E-state index in [2.05, 4.69) is 22.2 Å². The van der Waals surface area contributed by atoms with Gasteiger partial charge in [0.15, 0.2) is 0 Å². The van der Waals surface area contributed by atoms with Crippen LogP contribution in [0.5, 0.6) is 0 Å². The first-order valence-electron chi connectivity index (χ1n) is 5.17. The van der Waals surface area contributed by atoms with Gasteiger partial charge in [-0.3, -0.25) is 4.98 Å². The summed E-state index contributed by atoms with van der Waals surface area (Å²) in [6, 6.07) is 2.15. The molecule has 84 valence electrons. The molecule has 2 heterocycles. The third kappa shape index (κ3) is 2.50. The van der Waals surface area contributed by atoms with Gasteiger partial charge in [-0.2, -0.15) is 0 Å². The Labute approximate surface area is 94.3 Å². The molecule has 3 N–H and O–H groups in total. The summed E-state index contributed by atoms with van der Waals surface area (Å²) in [6.07, 6.45) is 8.88. The number of aromatic nitrogens is 3. The van der Waals surface area contributed by atoms with Crippen molar-refractivity contribution in [2.45, 2.75) is 19.5 Å². The molecule has 5 nitrogen and oxygen atoms in total. The summed E-state index contributed by atoms with van der Waals surface area (Å²) >= 11 is 0. The molecule has 16 heavy (non-hydrogen) atoms. The van der Waals surface area contributed by atoms with E-state index in [9.17, 15) is 0 Å². The highest BCUT2D eigenvalue weighted by Gasteiger charge is 2.04. The van der Waals surface area contributed by atoms with E-state index in [1.165, 1.54) is 0 Å². The number of nitrogens with two attached hydrogens (primary N) is 1. The third-order valence-corrected chi connectivity index (χ3v) is 2.30. The summed E-state index contributed by atoms with van der Waals surface area (Å²) in [5, 5.41) is 3.33. The molecule has 5 heteroatoms. The average molecular weight is 217 g/mol. The molecular formula is C11H15N5. The zero-order chi connectivity index (χ0) is 11.4. The van der Waals surface area contributed by atoms with Crippen molar-refractivity contribution in [1.82, 2.24) is 14.5 Å². The minimum absolute atomic E-state index is 0.277. The van der Waals surface area contributed by atoms with Gasteiger partial charge in [-0.05, 0) is 13.0 Å². The first-order chi connectivity index (χ1) is 7.75. The smallest absolute Gasteiger partial charge is 0.0946 e. The molecule has 0 bridgehead atoms. The summed E-state index contributed by atoms with van der Waals surface area (Å²) < 4.78 is 2.02. The molecule has 1 atom stereocenters. The lowest BCUT2D eigenvalue weighted by Crippen LogP contribution is -2.21. The molecule has 0 saturated heterocycles. The largest absolute Gasteiger partial charge is 0.396 e. The van der Waals surface area contributed by atoms with E-state index in [1.54, 1.807) is 24.9 Å². The van der Waals surface area contributed by atoms with Gasteiger partial charge in [-0.25, -0.2) is 4.98 Å². The van der Waals surface area contributed by atoms with Crippen molar-refractivity contribution in [1.29, 1.82) is 0 Å². The zero-order valence-electron chi connectivity index (χ0n) is 9.17. The number of hydrogen-bond acceptors (Lipinski definition) is 4. The fourth-order valence-electron chi connectivity index (χ4n) is 1.56. The van der Waals surface area contributed by atoms with Crippen molar-refractivity contribution in [3.05, 3.63) is 37.2 Å². The normalized spacial score (nSPS) is 12.3. The maximum absolute atomic E-state index is 5.80. The Balaban J connectivity index is 1.97. The van der Waals surface area contributed by atoms with Crippen LogP contribution in [-0.2, 0) is 6.54 Å². The molecule has 0 aliphatic heterocycles. The molecule has 2 aromatic heterocycles. The van der Waals surface area contributed by atoms with Crippen molar-refractivity contribution in [2.75, 3.05) is 11.1 Å². The molecule has 0 aliphatic rings. The van der Waals surface area contributed by atoms with E-state index < -0.39 is 0 Å². The van der Waals surface area contributed by atoms with Gasteiger partial charge in [0, 0.05) is 31.2 Å². The van der Waals surface area contributed by atoms with Crippen LogP contribution in [0.3, 0.4) is 0 Å². The average Bonchev–Trinajstić information content (AvgIpc) is 2.74. The second kappa shape index (κ2) is 4.65. The summed E-state index contributed by atoms with van der Waals surface area (Å²) in [7, 11) is 0. The van der Waals surface area contributed by atoms with E-state index in [-0.39, 0.29) is 6.04 Å². The van der Waals surface area contributed by atoms with E-state index in [4.69, 9.17) is 5.73 Å². The second-order valence-electron chi connectivity index (χ2n) is 3.77. The Morgan fingerprint density at radius 2 is 2.31 bits per heavy atom. The lowest BCUT2D eigenvalue weighted by Gasteiger charge is -2.16. The minimum Gasteiger partial charge on any atom is -0.396 e. The summed E-state index contributed by atoms with van der Waals surface area (Å²) in [6.45, 7) is 2.95. The summed E-state index contributed by atoms with van der Waals surface area (Å²) in [4.78, 5) is 7.95. The van der Waals surface area contributed by atoms with E-state index >= 15 is 0 Å². The van der Waals surface area contributed by atoms with Crippen LogP contribution in [-0.4, -0.2) is 20.6 Å². The predicted octanol–water partition coefficient (Wildman–Crippen LogP) is 1.36. The number of imidazole rings is 1. The van der Waals surface area contributed by atoms with Crippen LogP contribution in [0.25, 0.3) is 0 Å². The number of nitrogen functional groups attached to an aromatic ring is 1. The van der Waals surface area contributed by atoms with Gasteiger partial charge in [0.25, 0.3) is 0 Å². The quantitative estimate of drug-likeness (QED) is 0.811. The predicted molar refractivity (Wildman–Crippen MR) is 64.0 cm³/mol. The van der Waals surface area contributed by atoms with Crippen molar-refractivity contribution >= 4 is 11.4 Å². The SMILES string of the molecule is CC(Cn1ccnc1)Nc1ccncc1N. The monoisotopic (exact) mass is 217 g/mol. The van der Waals surface area contributed by atoms with Gasteiger partial charge in [0.05, 0.1) is 23.9 Å². The first kappa shape index (κ1) is 10.5. The molecular weight excluding hydrogens is 202 g/mol. The van der Waals surface area contributed by atoms with Gasteiger partial charge < -0.3 is 15.6 Å². The lowest BCUT2D eigenvalue weighted by atomic mass is 10.3. The number of nitrogens with one attached hydrogen (secondary N) is 1. The van der Waals surface area contributed by atoms with Gasteiger partial charge in [0.2, 0.25) is 0 Å². The van der Waals surface area contributed by atoms with Crippen molar-refractivity contribution in [3.63, 3.8) is 0 Å². The van der Waals surface area contributed by atoms with Crippen LogP contribution in [0.2, 0.25) is 0 Å². The fraction of sp³-hybridized carbons (Fsp3) is 0.273. The maximum Gasteiger partial charge on any atom is 0.0946 e. The maximum atomic E-state index is 5.80. The van der Waals surface area contributed by atoms with Crippen molar-refractivity contribution in [2.24, 2.45) is 0 Å². The van der Waals surface area contributed by atoms with Crippen molar-refractivity contribution < 1.29 is 0 Å². The number of anilines is 2. The Morgan fingerprint density at radius 1 is 1.44 bits per heavy atom. The van der Waals surface area contributed by atoms with Gasteiger partial charge >= 0.3 is 0 Å². The molecule has 0 aromatic carbocycles. The van der Waals surface area contributed by atoms with Crippen LogP contribution in [0.1, 0.15) is 6.92 Å². The molecule has 2 aromatic rings. The van der Waals surface area contributed by atoms with E-state index in [0.29, 0.717) is 5.69 Å². The van der Waals surface area contributed by atoms with Gasteiger partial charge in [-0.15, -0.1) is 0 Å². The van der Waals surface area contributed by atoms with Gasteiger partial charge in [-0.1, -0.05) is 0 Å². The standard InChI is InChI=1S/C11H15N5/c1-9(7-16-5-4-14-8-16)15-11-2-3-13-6-10(11)12/h2-6,8-9H,7,12H2,1H3,(H,13,15). The molecule has 0 spiro atoms. The molecule has 0 saturated carbocycles. The topological polar surface area (TPSA) is 68.8 Å². The highest BCUT2D eigenvalue weighted by molar-refractivity contribution is 5.64. The fourth-order valence-corrected chi connectivity index (χ4v) is 1.56. The van der Waals surface area contributed by atoms with E-state index in [0.717, 1.165) is 12.2 Å². The van der Waals surface area contributed by atoms with Crippen LogP contribution >= 0.6 is 0 Å². The highest BCUT2D eigenvalue weighted by Crippen LogP contribution is 2.16. The molecule has 0 radical (unpaired) electrons. The second-order valence-corrected chi connectivity index (χ2v) is 3.77. The number of hydrogen-bond donors (Lipinski definition) is 2. The molecule has 0 aliphatic carbocycles. The summed E-state index contributed by atoms with van der Waals surface area (Å²) in [5.74, 6) is 0.